The van der Waals surface area contributed by atoms with Crippen molar-refractivity contribution >= 4 is 11.9 Å². The Hall–Kier alpha value is -1.70. The summed E-state index contributed by atoms with van der Waals surface area (Å²) in [5.74, 6) is -1.40. The van der Waals surface area contributed by atoms with E-state index in [0.29, 0.717) is 19.3 Å². The van der Waals surface area contributed by atoms with Crippen molar-refractivity contribution in [3.8, 4) is 0 Å². The average Bonchev–Trinajstić information content (AvgIpc) is 2.60. The van der Waals surface area contributed by atoms with Gasteiger partial charge in [-0.1, -0.05) is 39.0 Å². The van der Waals surface area contributed by atoms with Crippen LogP contribution in [-0.4, -0.2) is 56.8 Å². The van der Waals surface area contributed by atoms with Gasteiger partial charge in [0.15, 0.2) is 0 Å². The predicted molar refractivity (Wildman–Crippen MR) is 107 cm³/mol. The van der Waals surface area contributed by atoms with Gasteiger partial charge in [-0.2, -0.15) is 0 Å². The summed E-state index contributed by atoms with van der Waals surface area (Å²) in [5, 5.41) is 38.9. The number of hydrogen-bond donors (Lipinski definition) is 4. The van der Waals surface area contributed by atoms with E-state index >= 15 is 0 Å². The van der Waals surface area contributed by atoms with Crippen molar-refractivity contribution in [2.45, 2.75) is 77.3 Å². The minimum absolute atomic E-state index is 0.0150. The summed E-state index contributed by atoms with van der Waals surface area (Å²) >= 11 is 0. The number of esters is 1. The van der Waals surface area contributed by atoms with Crippen molar-refractivity contribution in [2.24, 2.45) is 23.7 Å². The van der Waals surface area contributed by atoms with Crippen molar-refractivity contribution in [1.29, 1.82) is 0 Å². The standard InChI is InChI=1S/C22H34O7/c1-12(2)22(28)29-19-10-16(24)8-14-5-4-13(3)18(21(14)19)7-6-15(23)9-17(25)11-20(26)27/h4-5,8,12-13,15-19,21,23-25H,6-7,9-11H2,1-3H3,(H,26,27)/t13-,15+,16+,17-,18-,19-,21-/m0/s1. The molecular formula is C22H34O7. The Morgan fingerprint density at radius 3 is 2.55 bits per heavy atom. The fourth-order valence-corrected chi connectivity index (χ4v) is 4.37. The molecule has 0 saturated heterocycles. The van der Waals surface area contributed by atoms with Crippen LogP contribution in [0.1, 0.15) is 52.9 Å². The van der Waals surface area contributed by atoms with Crippen molar-refractivity contribution < 1.29 is 34.8 Å². The summed E-state index contributed by atoms with van der Waals surface area (Å²) in [7, 11) is 0. The molecule has 0 heterocycles. The number of carboxylic acids is 1. The Labute approximate surface area is 172 Å². The second-order valence-electron chi connectivity index (χ2n) is 8.73. The van der Waals surface area contributed by atoms with Gasteiger partial charge in [-0.3, -0.25) is 9.59 Å². The molecule has 164 valence electrons. The summed E-state index contributed by atoms with van der Waals surface area (Å²) in [5.41, 5.74) is 0.953. The monoisotopic (exact) mass is 410 g/mol. The van der Waals surface area contributed by atoms with Crippen molar-refractivity contribution in [3.63, 3.8) is 0 Å². The molecule has 0 radical (unpaired) electrons. The Balaban J connectivity index is 2.08. The molecule has 7 heteroatoms. The Morgan fingerprint density at radius 1 is 1.24 bits per heavy atom. The summed E-state index contributed by atoms with van der Waals surface area (Å²) in [6, 6.07) is 0. The van der Waals surface area contributed by atoms with E-state index < -0.39 is 30.4 Å². The average molecular weight is 411 g/mol. The molecule has 29 heavy (non-hydrogen) atoms. The normalized spacial score (nSPS) is 31.0. The first kappa shape index (κ1) is 23.6. The van der Waals surface area contributed by atoms with E-state index in [1.54, 1.807) is 13.8 Å². The van der Waals surface area contributed by atoms with Crippen LogP contribution < -0.4 is 0 Å². The number of carboxylic acid groups (broad SMARTS) is 1. The van der Waals surface area contributed by atoms with Gasteiger partial charge in [0.1, 0.15) is 6.10 Å². The SMILES string of the molecule is CC(C)C(=O)O[C@H]1C[C@H](O)C=C2C=C[C@H](C)[C@H](CC[C@@H](O)C[C@H](O)CC(=O)O)[C@H]21. The molecule has 0 saturated carbocycles. The van der Waals surface area contributed by atoms with E-state index in [-0.39, 0.29) is 42.5 Å². The highest BCUT2D eigenvalue weighted by Gasteiger charge is 2.42. The first-order valence-corrected chi connectivity index (χ1v) is 10.4. The number of carbonyl (C=O) groups is 2. The maximum absolute atomic E-state index is 12.2. The summed E-state index contributed by atoms with van der Waals surface area (Å²) in [6.07, 6.45) is 3.92. The van der Waals surface area contributed by atoms with Crippen LogP contribution in [-0.2, 0) is 14.3 Å². The number of aliphatic hydroxyl groups is 3. The van der Waals surface area contributed by atoms with Gasteiger partial charge in [0.25, 0.3) is 0 Å². The minimum Gasteiger partial charge on any atom is -0.481 e. The quantitative estimate of drug-likeness (QED) is 0.429. The van der Waals surface area contributed by atoms with Crippen LogP contribution in [0.4, 0.5) is 0 Å². The van der Waals surface area contributed by atoms with Crippen LogP contribution in [0, 0.1) is 23.7 Å². The summed E-state index contributed by atoms with van der Waals surface area (Å²) in [4.78, 5) is 22.9. The van der Waals surface area contributed by atoms with Gasteiger partial charge in [0.05, 0.1) is 30.7 Å². The van der Waals surface area contributed by atoms with E-state index in [1.165, 1.54) is 0 Å². The number of allylic oxidation sites excluding steroid dienone is 2. The number of hydrogen-bond acceptors (Lipinski definition) is 6. The van der Waals surface area contributed by atoms with E-state index in [1.807, 2.05) is 12.2 Å². The maximum Gasteiger partial charge on any atom is 0.308 e. The van der Waals surface area contributed by atoms with E-state index in [0.717, 1.165) is 5.57 Å². The first-order chi connectivity index (χ1) is 13.6. The van der Waals surface area contributed by atoms with Crippen molar-refractivity contribution in [1.82, 2.24) is 0 Å². The zero-order valence-electron chi connectivity index (χ0n) is 17.4. The number of rotatable bonds is 9. The third-order valence-corrected chi connectivity index (χ3v) is 5.90. The van der Waals surface area contributed by atoms with Crippen molar-refractivity contribution in [3.05, 3.63) is 23.8 Å². The predicted octanol–water partition coefficient (Wildman–Crippen LogP) is 2.05. The molecule has 0 unspecified atom stereocenters. The van der Waals surface area contributed by atoms with Gasteiger partial charge in [-0.05, 0) is 36.7 Å². The van der Waals surface area contributed by atoms with Gasteiger partial charge in [0.2, 0.25) is 0 Å². The number of fused-ring (bicyclic) bond motifs is 1. The molecule has 0 amide bonds. The molecule has 0 aromatic heterocycles. The van der Waals surface area contributed by atoms with Crippen LogP contribution in [0.5, 0.6) is 0 Å². The first-order valence-electron chi connectivity index (χ1n) is 10.4. The Bertz CT molecular complexity index is 639. The maximum atomic E-state index is 12.2. The molecule has 2 rings (SSSR count). The lowest BCUT2D eigenvalue weighted by Gasteiger charge is -2.43. The molecule has 0 aliphatic heterocycles. The molecule has 7 atom stereocenters. The zero-order valence-corrected chi connectivity index (χ0v) is 17.4. The fraction of sp³-hybridized carbons (Fsp3) is 0.727. The number of aliphatic carboxylic acids is 1. The minimum atomic E-state index is -1.10. The zero-order chi connectivity index (χ0) is 21.7. The second kappa shape index (κ2) is 10.4. The molecule has 0 spiro atoms. The van der Waals surface area contributed by atoms with E-state index in [4.69, 9.17) is 9.84 Å². The van der Waals surface area contributed by atoms with Crippen molar-refractivity contribution in [2.75, 3.05) is 0 Å². The van der Waals surface area contributed by atoms with Gasteiger partial charge >= 0.3 is 11.9 Å². The lowest BCUT2D eigenvalue weighted by atomic mass is 9.66. The van der Waals surface area contributed by atoms with Gasteiger partial charge in [0, 0.05) is 12.3 Å². The number of ether oxygens (including phenoxy) is 1. The third kappa shape index (κ3) is 6.66. The van der Waals surface area contributed by atoms with Gasteiger partial charge < -0.3 is 25.2 Å². The number of aliphatic hydroxyl groups excluding tert-OH is 3. The van der Waals surface area contributed by atoms with Crippen LogP contribution in [0.15, 0.2) is 23.8 Å². The molecule has 0 bridgehead atoms. The smallest absolute Gasteiger partial charge is 0.308 e. The largest absolute Gasteiger partial charge is 0.481 e. The van der Waals surface area contributed by atoms with E-state index in [9.17, 15) is 24.9 Å². The molecule has 2 aliphatic carbocycles. The van der Waals surface area contributed by atoms with Gasteiger partial charge in [-0.25, -0.2) is 0 Å². The van der Waals surface area contributed by atoms with E-state index in [2.05, 4.69) is 13.0 Å². The lowest BCUT2D eigenvalue weighted by molar-refractivity contribution is -0.158. The highest BCUT2D eigenvalue weighted by Crippen LogP contribution is 2.44. The molecule has 2 aliphatic rings. The topological polar surface area (TPSA) is 124 Å². The second-order valence-corrected chi connectivity index (χ2v) is 8.73. The van der Waals surface area contributed by atoms with Crippen LogP contribution in [0.3, 0.4) is 0 Å². The Morgan fingerprint density at radius 2 is 1.93 bits per heavy atom. The molecular weight excluding hydrogens is 376 g/mol. The highest BCUT2D eigenvalue weighted by molar-refractivity contribution is 5.71. The van der Waals surface area contributed by atoms with Crippen LogP contribution >= 0.6 is 0 Å². The molecule has 7 nitrogen and oxygen atoms in total. The Kier molecular flexibility index (Phi) is 8.43. The van der Waals surface area contributed by atoms with Crippen LogP contribution in [0.2, 0.25) is 0 Å². The summed E-state index contributed by atoms with van der Waals surface area (Å²) < 4.78 is 5.74. The lowest BCUT2D eigenvalue weighted by Crippen LogP contribution is -2.43. The van der Waals surface area contributed by atoms with Gasteiger partial charge in [-0.15, -0.1) is 0 Å². The molecule has 0 aromatic carbocycles. The third-order valence-electron chi connectivity index (χ3n) is 5.90. The summed E-state index contributed by atoms with van der Waals surface area (Å²) in [6.45, 7) is 5.63. The fourth-order valence-electron chi connectivity index (χ4n) is 4.37. The molecule has 4 N–H and O–H groups in total. The van der Waals surface area contributed by atoms with Crippen LogP contribution in [0.25, 0.3) is 0 Å². The molecule has 0 fully saturated rings. The number of carbonyl (C=O) groups excluding carboxylic acids is 1. The highest BCUT2D eigenvalue weighted by atomic mass is 16.5. The molecule has 0 aromatic rings.